The lowest BCUT2D eigenvalue weighted by molar-refractivity contribution is -0.138. The third-order valence-electron chi connectivity index (χ3n) is 8.17. The monoisotopic (exact) mass is 576 g/mol. The molecule has 9 nitrogen and oxygen atoms in total. The molecule has 2 amide bonds. The van der Waals surface area contributed by atoms with E-state index in [1.807, 2.05) is 77.7 Å². The van der Waals surface area contributed by atoms with E-state index in [0.29, 0.717) is 18.3 Å². The molecular formula is C34H36N6O3. The van der Waals surface area contributed by atoms with Gasteiger partial charge >= 0.3 is 0 Å². The predicted octanol–water partition coefficient (Wildman–Crippen LogP) is 6.59. The largest absolute Gasteiger partial charge is 0.418 e. The highest BCUT2D eigenvalue weighted by Gasteiger charge is 2.39. The topological polar surface area (TPSA) is 107 Å². The molecule has 2 N–H and O–H groups in total. The number of likely N-dealkylation sites (N-methyl/N-ethyl adjacent to an activating group) is 1. The van der Waals surface area contributed by atoms with E-state index in [0.717, 1.165) is 64.9 Å². The summed E-state index contributed by atoms with van der Waals surface area (Å²) in [4.78, 5) is 33.0. The minimum Gasteiger partial charge on any atom is -0.418 e. The highest BCUT2D eigenvalue weighted by molar-refractivity contribution is 5.90. The minimum atomic E-state index is -0.356. The second-order valence-electron chi connectivity index (χ2n) is 10.9. The van der Waals surface area contributed by atoms with Gasteiger partial charge in [-0.05, 0) is 73.5 Å². The number of nitrogens with one attached hydrogen (secondary N) is 2. The minimum absolute atomic E-state index is 0.0727. The lowest BCUT2D eigenvalue weighted by Crippen LogP contribution is -2.43. The van der Waals surface area contributed by atoms with Crippen molar-refractivity contribution in [1.29, 1.82) is 0 Å². The highest BCUT2D eigenvalue weighted by atomic mass is 16.4. The Balaban J connectivity index is 1.23. The predicted molar refractivity (Wildman–Crippen MR) is 167 cm³/mol. The van der Waals surface area contributed by atoms with Crippen molar-refractivity contribution in [2.24, 2.45) is 0 Å². The first kappa shape index (κ1) is 28.4. The van der Waals surface area contributed by atoms with Gasteiger partial charge in [-0.3, -0.25) is 14.5 Å². The third-order valence-corrected chi connectivity index (χ3v) is 8.17. The molecule has 0 saturated carbocycles. The van der Waals surface area contributed by atoms with Crippen molar-refractivity contribution in [3.05, 3.63) is 90.3 Å². The molecule has 1 aliphatic rings. The molecule has 0 spiro atoms. The van der Waals surface area contributed by atoms with Crippen molar-refractivity contribution in [3.8, 4) is 22.7 Å². The molecule has 3 heterocycles. The molecule has 0 aliphatic carbocycles. The van der Waals surface area contributed by atoms with Crippen molar-refractivity contribution < 1.29 is 14.0 Å². The number of benzene rings is 3. The summed E-state index contributed by atoms with van der Waals surface area (Å²) in [7, 11) is 0. The van der Waals surface area contributed by atoms with Gasteiger partial charge in [-0.25, -0.2) is 0 Å². The molecule has 9 heteroatoms. The first-order valence-corrected chi connectivity index (χ1v) is 14.9. The van der Waals surface area contributed by atoms with Crippen LogP contribution < -0.4 is 5.32 Å². The molecule has 0 bridgehead atoms. The quantitative estimate of drug-likeness (QED) is 0.205. The molecule has 1 unspecified atom stereocenters. The summed E-state index contributed by atoms with van der Waals surface area (Å²) in [5.74, 6) is 0.880. The Hall–Kier alpha value is -4.76. The van der Waals surface area contributed by atoms with Gasteiger partial charge in [-0.2, -0.15) is 0 Å². The summed E-state index contributed by atoms with van der Waals surface area (Å²) in [5.41, 5.74) is 5.54. The summed E-state index contributed by atoms with van der Waals surface area (Å²) in [6.45, 7) is 7.88. The third kappa shape index (κ3) is 5.81. The van der Waals surface area contributed by atoms with Gasteiger partial charge in [-0.1, -0.05) is 56.3 Å². The van der Waals surface area contributed by atoms with Crippen LogP contribution in [0.3, 0.4) is 0 Å². The van der Waals surface area contributed by atoms with Gasteiger partial charge in [-0.15, -0.1) is 10.2 Å². The Morgan fingerprint density at radius 3 is 2.47 bits per heavy atom. The Bertz CT molecular complexity index is 1720. The molecule has 220 valence electrons. The van der Waals surface area contributed by atoms with E-state index in [9.17, 15) is 9.59 Å². The number of carbonyl (C=O) groups excluding carboxylic acids is 2. The van der Waals surface area contributed by atoms with E-state index in [-0.39, 0.29) is 23.9 Å². The van der Waals surface area contributed by atoms with Crippen LogP contribution in [0.5, 0.6) is 0 Å². The standard InChI is InChI=1S/C34H36N6O3/c1-4-39(5-2)31(24-10-7-6-8-11-24)34(42)40-19-9-12-30(40)33-38-37-32(43-33)25-15-18-28-26(20-25)21-29(36-28)23-13-16-27(17-14-23)35-22(3)41/h6-8,10-11,13-18,20-21,30-31,36H,4-5,9,12,19H2,1-3H3,(H,35,41)/t30-,31?/m0/s1. The number of hydrogen-bond donors (Lipinski definition) is 2. The van der Waals surface area contributed by atoms with Gasteiger partial charge in [0.05, 0.1) is 0 Å². The molecule has 1 fully saturated rings. The SMILES string of the molecule is CCN(CC)C(C(=O)N1CCC[C@H]1c1nnc(-c2ccc3[nH]c(-c4ccc(NC(C)=O)cc4)cc3c2)o1)c1ccccc1. The fourth-order valence-electron chi connectivity index (χ4n) is 6.02. The van der Waals surface area contributed by atoms with Crippen LogP contribution in [0.4, 0.5) is 5.69 Å². The Morgan fingerprint density at radius 1 is 1.00 bits per heavy atom. The number of amides is 2. The number of hydrogen-bond acceptors (Lipinski definition) is 6. The van der Waals surface area contributed by atoms with Crippen LogP contribution in [0.1, 0.15) is 57.2 Å². The second-order valence-corrected chi connectivity index (χ2v) is 10.9. The van der Waals surface area contributed by atoms with E-state index in [1.54, 1.807) is 0 Å². The summed E-state index contributed by atoms with van der Waals surface area (Å²) in [6.07, 6.45) is 1.67. The Morgan fingerprint density at radius 2 is 1.74 bits per heavy atom. The zero-order valence-corrected chi connectivity index (χ0v) is 24.7. The zero-order valence-electron chi connectivity index (χ0n) is 24.7. The fourth-order valence-corrected chi connectivity index (χ4v) is 6.02. The van der Waals surface area contributed by atoms with Gasteiger partial charge in [0.15, 0.2) is 0 Å². The van der Waals surface area contributed by atoms with Crippen LogP contribution >= 0.6 is 0 Å². The summed E-state index contributed by atoms with van der Waals surface area (Å²) < 4.78 is 6.24. The van der Waals surface area contributed by atoms with E-state index in [4.69, 9.17) is 4.42 Å². The van der Waals surface area contributed by atoms with Crippen molar-refractivity contribution in [2.75, 3.05) is 25.0 Å². The summed E-state index contributed by atoms with van der Waals surface area (Å²) in [5, 5.41) is 12.6. The molecule has 2 aromatic heterocycles. The van der Waals surface area contributed by atoms with Crippen LogP contribution in [0, 0.1) is 0 Å². The Labute approximate surface area is 250 Å². The fraction of sp³-hybridized carbons (Fsp3) is 0.294. The van der Waals surface area contributed by atoms with E-state index >= 15 is 0 Å². The number of fused-ring (bicyclic) bond motifs is 1. The molecule has 1 aliphatic heterocycles. The maximum atomic E-state index is 14.1. The van der Waals surface area contributed by atoms with Gasteiger partial charge in [0.25, 0.3) is 0 Å². The van der Waals surface area contributed by atoms with Gasteiger partial charge in [0.1, 0.15) is 12.1 Å². The van der Waals surface area contributed by atoms with Crippen molar-refractivity contribution in [3.63, 3.8) is 0 Å². The first-order valence-electron chi connectivity index (χ1n) is 14.9. The van der Waals surface area contributed by atoms with E-state index in [2.05, 4.69) is 45.3 Å². The van der Waals surface area contributed by atoms with Crippen molar-refractivity contribution >= 4 is 28.4 Å². The number of carbonyl (C=O) groups is 2. The number of nitrogens with zero attached hydrogens (tertiary/aromatic N) is 4. The molecule has 3 aromatic carbocycles. The van der Waals surface area contributed by atoms with Gasteiger partial charge < -0.3 is 19.6 Å². The first-order chi connectivity index (χ1) is 20.9. The average Bonchev–Trinajstić information content (AvgIpc) is 3.79. The van der Waals surface area contributed by atoms with Gasteiger partial charge in [0.2, 0.25) is 23.6 Å². The lowest BCUT2D eigenvalue weighted by Gasteiger charge is -2.34. The summed E-state index contributed by atoms with van der Waals surface area (Å²) >= 11 is 0. The normalized spacial score (nSPS) is 15.7. The molecule has 1 saturated heterocycles. The molecule has 0 radical (unpaired) electrons. The smallest absolute Gasteiger partial charge is 0.247 e. The molecule has 6 rings (SSSR count). The van der Waals surface area contributed by atoms with E-state index < -0.39 is 0 Å². The van der Waals surface area contributed by atoms with Crippen molar-refractivity contribution in [2.45, 2.75) is 45.7 Å². The molecule has 2 atom stereocenters. The summed E-state index contributed by atoms with van der Waals surface area (Å²) in [6, 6.07) is 25.2. The molecule has 5 aromatic rings. The van der Waals surface area contributed by atoms with Crippen LogP contribution in [0.25, 0.3) is 33.6 Å². The van der Waals surface area contributed by atoms with Gasteiger partial charge in [0, 0.05) is 41.3 Å². The number of anilines is 1. The maximum absolute atomic E-state index is 14.1. The number of likely N-dealkylation sites (tertiary alicyclic amines) is 1. The van der Waals surface area contributed by atoms with Crippen molar-refractivity contribution in [1.82, 2.24) is 25.0 Å². The number of aromatic amines is 1. The highest BCUT2D eigenvalue weighted by Crippen LogP contribution is 2.37. The number of aromatic nitrogens is 3. The van der Waals surface area contributed by atoms with E-state index in [1.165, 1.54) is 6.92 Å². The van der Waals surface area contributed by atoms with Crippen LogP contribution in [0.2, 0.25) is 0 Å². The number of rotatable bonds is 9. The lowest BCUT2D eigenvalue weighted by atomic mass is 10.0. The average molecular weight is 577 g/mol. The zero-order chi connectivity index (χ0) is 29.9. The van der Waals surface area contributed by atoms with Crippen LogP contribution in [-0.2, 0) is 9.59 Å². The maximum Gasteiger partial charge on any atom is 0.247 e. The molecular weight excluding hydrogens is 540 g/mol. The van der Waals surface area contributed by atoms with Crippen LogP contribution in [-0.4, -0.2) is 56.4 Å². The van der Waals surface area contributed by atoms with Crippen LogP contribution in [0.15, 0.2) is 83.3 Å². The second kappa shape index (κ2) is 12.2. The Kier molecular flexibility index (Phi) is 8.07. The number of H-pyrrole nitrogens is 1. The molecule has 43 heavy (non-hydrogen) atoms.